The molecule has 2 heterocycles. The SMILES string of the molecule is COc1cnc(NCC(=O)O)c(Nc2cnc3c(c2)CCC(NC(=O)OC(C)(C)C)C3)c1. The molecule has 2 aromatic rings. The van der Waals surface area contributed by atoms with Crippen molar-refractivity contribution in [3.8, 4) is 5.75 Å². The lowest BCUT2D eigenvalue weighted by molar-refractivity contribution is -0.134. The van der Waals surface area contributed by atoms with Gasteiger partial charge in [0.1, 0.15) is 17.9 Å². The number of nitrogens with zero attached hydrogens (tertiary/aromatic N) is 2. The number of nitrogens with one attached hydrogen (secondary N) is 3. The Morgan fingerprint density at radius 2 is 2.00 bits per heavy atom. The molecule has 10 heteroatoms. The summed E-state index contributed by atoms with van der Waals surface area (Å²) in [6.45, 7) is 5.24. The molecule has 1 aliphatic carbocycles. The van der Waals surface area contributed by atoms with E-state index in [4.69, 9.17) is 14.6 Å². The topological polar surface area (TPSA) is 135 Å². The van der Waals surface area contributed by atoms with E-state index in [0.717, 1.165) is 29.8 Å². The number of alkyl carbamates (subject to hydrolysis) is 1. The van der Waals surface area contributed by atoms with Crippen LogP contribution in [0.1, 0.15) is 38.4 Å². The number of carboxylic acids is 1. The summed E-state index contributed by atoms with van der Waals surface area (Å²) in [6, 6.07) is 3.71. The lowest BCUT2D eigenvalue weighted by atomic mass is 9.92. The second kappa shape index (κ2) is 9.71. The lowest BCUT2D eigenvalue weighted by Gasteiger charge is -2.27. The molecule has 1 unspecified atom stereocenters. The van der Waals surface area contributed by atoms with Crippen LogP contribution in [0, 0.1) is 0 Å². The number of pyridine rings is 2. The highest BCUT2D eigenvalue weighted by Gasteiger charge is 2.24. The van der Waals surface area contributed by atoms with E-state index in [0.29, 0.717) is 23.7 Å². The molecule has 1 atom stereocenters. The van der Waals surface area contributed by atoms with Crippen molar-refractivity contribution < 1.29 is 24.2 Å². The summed E-state index contributed by atoms with van der Waals surface area (Å²) in [4.78, 5) is 31.8. The third-order valence-corrected chi connectivity index (χ3v) is 4.77. The van der Waals surface area contributed by atoms with Gasteiger partial charge in [0, 0.05) is 24.2 Å². The molecule has 0 fully saturated rings. The van der Waals surface area contributed by atoms with Crippen LogP contribution < -0.4 is 20.7 Å². The van der Waals surface area contributed by atoms with E-state index in [1.807, 2.05) is 26.8 Å². The molecular weight excluding hydrogens is 414 g/mol. The fourth-order valence-corrected chi connectivity index (χ4v) is 3.38. The number of amides is 1. The van der Waals surface area contributed by atoms with Gasteiger partial charge >= 0.3 is 12.1 Å². The van der Waals surface area contributed by atoms with Crippen molar-refractivity contribution >= 4 is 29.3 Å². The summed E-state index contributed by atoms with van der Waals surface area (Å²) in [7, 11) is 1.54. The molecule has 32 heavy (non-hydrogen) atoms. The summed E-state index contributed by atoms with van der Waals surface area (Å²) >= 11 is 0. The molecule has 0 spiro atoms. The zero-order valence-corrected chi connectivity index (χ0v) is 18.7. The van der Waals surface area contributed by atoms with Crippen LogP contribution in [0.2, 0.25) is 0 Å². The number of carboxylic acid groups (broad SMARTS) is 1. The Kier molecular flexibility index (Phi) is 7.01. The summed E-state index contributed by atoms with van der Waals surface area (Å²) in [5.74, 6) is -0.0542. The zero-order valence-electron chi connectivity index (χ0n) is 18.7. The number of aryl methyl sites for hydroxylation is 1. The maximum Gasteiger partial charge on any atom is 0.407 e. The summed E-state index contributed by atoms with van der Waals surface area (Å²) in [5, 5.41) is 17.9. The molecule has 0 saturated carbocycles. The molecule has 10 nitrogen and oxygen atoms in total. The predicted molar refractivity (Wildman–Crippen MR) is 120 cm³/mol. The van der Waals surface area contributed by atoms with Gasteiger partial charge in [-0.1, -0.05) is 0 Å². The fraction of sp³-hybridized carbons (Fsp3) is 0.455. The van der Waals surface area contributed by atoms with E-state index in [1.54, 1.807) is 12.3 Å². The summed E-state index contributed by atoms with van der Waals surface area (Å²) < 4.78 is 10.6. The second-order valence-electron chi connectivity index (χ2n) is 8.56. The Labute approximate surface area is 186 Å². The number of anilines is 3. The van der Waals surface area contributed by atoms with E-state index in [2.05, 4.69) is 25.9 Å². The molecule has 4 N–H and O–H groups in total. The van der Waals surface area contributed by atoms with Gasteiger partial charge in [0.25, 0.3) is 0 Å². The van der Waals surface area contributed by atoms with E-state index < -0.39 is 17.7 Å². The van der Waals surface area contributed by atoms with Crippen molar-refractivity contribution in [2.75, 3.05) is 24.3 Å². The molecule has 3 rings (SSSR count). The molecule has 172 valence electrons. The number of methoxy groups -OCH3 is 1. The number of carbonyl (C=O) groups is 2. The van der Waals surface area contributed by atoms with E-state index in [-0.39, 0.29) is 12.6 Å². The van der Waals surface area contributed by atoms with Crippen molar-refractivity contribution in [2.45, 2.75) is 51.7 Å². The first-order valence-corrected chi connectivity index (χ1v) is 10.4. The Morgan fingerprint density at radius 3 is 2.69 bits per heavy atom. The normalized spacial score (nSPS) is 15.3. The van der Waals surface area contributed by atoms with Gasteiger partial charge in [-0.3, -0.25) is 9.78 Å². The van der Waals surface area contributed by atoms with Crippen LogP contribution in [0.25, 0.3) is 0 Å². The van der Waals surface area contributed by atoms with Crippen molar-refractivity contribution in [3.63, 3.8) is 0 Å². The third kappa shape index (κ3) is 6.47. The highest BCUT2D eigenvalue weighted by Crippen LogP contribution is 2.29. The number of carbonyl (C=O) groups excluding carboxylic acids is 1. The second-order valence-corrected chi connectivity index (χ2v) is 8.56. The first-order valence-electron chi connectivity index (χ1n) is 10.4. The number of aromatic nitrogens is 2. The Bertz CT molecular complexity index is 989. The number of ether oxygens (including phenoxy) is 2. The monoisotopic (exact) mass is 443 g/mol. The lowest BCUT2D eigenvalue weighted by Crippen LogP contribution is -2.42. The average Bonchev–Trinajstić information content (AvgIpc) is 2.71. The van der Waals surface area contributed by atoms with Gasteiger partial charge in [-0.15, -0.1) is 0 Å². The first-order chi connectivity index (χ1) is 15.1. The molecule has 2 aromatic heterocycles. The quantitative estimate of drug-likeness (QED) is 0.509. The fourth-order valence-electron chi connectivity index (χ4n) is 3.38. The van der Waals surface area contributed by atoms with Gasteiger partial charge < -0.3 is 30.5 Å². The number of aliphatic carboxylic acids is 1. The molecular formula is C22H29N5O5. The van der Waals surface area contributed by atoms with Crippen molar-refractivity contribution in [3.05, 3.63) is 35.8 Å². The molecule has 0 radical (unpaired) electrons. The van der Waals surface area contributed by atoms with Crippen LogP contribution in [0.4, 0.5) is 22.0 Å². The molecule has 0 aliphatic heterocycles. The van der Waals surface area contributed by atoms with Gasteiger partial charge in [0.15, 0.2) is 5.82 Å². The highest BCUT2D eigenvalue weighted by atomic mass is 16.6. The molecule has 0 aromatic carbocycles. The molecule has 0 saturated heterocycles. The van der Waals surface area contributed by atoms with Crippen molar-refractivity contribution in [1.82, 2.24) is 15.3 Å². The van der Waals surface area contributed by atoms with E-state index in [9.17, 15) is 9.59 Å². The minimum atomic E-state index is -0.987. The number of fused-ring (bicyclic) bond motifs is 1. The van der Waals surface area contributed by atoms with Crippen molar-refractivity contribution in [2.24, 2.45) is 0 Å². The summed E-state index contributed by atoms with van der Waals surface area (Å²) in [6.07, 6.45) is 4.97. The highest BCUT2D eigenvalue weighted by molar-refractivity contribution is 5.77. The van der Waals surface area contributed by atoms with Gasteiger partial charge in [0.2, 0.25) is 0 Å². The van der Waals surface area contributed by atoms with Gasteiger partial charge in [0.05, 0.1) is 30.9 Å². The maximum atomic E-state index is 12.1. The van der Waals surface area contributed by atoms with Crippen LogP contribution in [-0.4, -0.2) is 52.4 Å². The van der Waals surface area contributed by atoms with Gasteiger partial charge in [-0.25, -0.2) is 9.78 Å². The van der Waals surface area contributed by atoms with E-state index in [1.165, 1.54) is 13.3 Å². The largest absolute Gasteiger partial charge is 0.495 e. The average molecular weight is 444 g/mol. The van der Waals surface area contributed by atoms with Crippen molar-refractivity contribution in [1.29, 1.82) is 0 Å². The van der Waals surface area contributed by atoms with Gasteiger partial charge in [-0.2, -0.15) is 0 Å². The minimum absolute atomic E-state index is 0.0296. The minimum Gasteiger partial charge on any atom is -0.495 e. The first kappa shape index (κ1) is 23.1. The number of hydrogen-bond donors (Lipinski definition) is 4. The summed E-state index contributed by atoms with van der Waals surface area (Å²) in [5.41, 5.74) is 2.80. The van der Waals surface area contributed by atoms with Crippen LogP contribution in [0.15, 0.2) is 24.5 Å². The maximum absolute atomic E-state index is 12.1. The third-order valence-electron chi connectivity index (χ3n) is 4.77. The zero-order chi connectivity index (χ0) is 23.3. The smallest absolute Gasteiger partial charge is 0.407 e. The molecule has 1 amide bonds. The van der Waals surface area contributed by atoms with Crippen LogP contribution >= 0.6 is 0 Å². The number of hydrogen-bond acceptors (Lipinski definition) is 8. The molecule has 0 bridgehead atoms. The predicted octanol–water partition coefficient (Wildman–Crippen LogP) is 3.11. The Morgan fingerprint density at radius 1 is 1.22 bits per heavy atom. The Hall–Kier alpha value is -3.56. The standard InChI is InChI=1S/C22H29N5O5/c1-22(2,3)32-21(30)27-14-6-5-13-7-15(10-23-17(13)8-14)26-18-9-16(31-4)11-24-20(18)25-12-19(28)29/h7,9-11,14,26H,5-6,8,12H2,1-4H3,(H,24,25)(H,27,30)(H,28,29). The number of rotatable bonds is 7. The van der Waals surface area contributed by atoms with Crippen LogP contribution in [0.5, 0.6) is 5.75 Å². The van der Waals surface area contributed by atoms with Crippen LogP contribution in [-0.2, 0) is 22.4 Å². The molecule has 1 aliphatic rings. The van der Waals surface area contributed by atoms with Gasteiger partial charge in [-0.05, 0) is 45.2 Å². The Balaban J connectivity index is 1.70. The van der Waals surface area contributed by atoms with E-state index >= 15 is 0 Å². The van der Waals surface area contributed by atoms with Crippen LogP contribution in [0.3, 0.4) is 0 Å².